The van der Waals surface area contributed by atoms with Gasteiger partial charge in [-0.2, -0.15) is 5.06 Å². The number of amides is 2. The third-order valence-electron chi connectivity index (χ3n) is 3.31. The van der Waals surface area contributed by atoms with Gasteiger partial charge in [0.15, 0.2) is 0 Å². The Morgan fingerprint density at radius 2 is 2.14 bits per heavy atom. The molecule has 0 spiro atoms. The van der Waals surface area contributed by atoms with E-state index in [9.17, 15) is 14.4 Å². The normalized spacial score (nSPS) is 22.2. The summed E-state index contributed by atoms with van der Waals surface area (Å²) in [5.41, 5.74) is 5.85. The second-order valence-electron chi connectivity index (χ2n) is 4.89. The average molecular weight is 292 g/mol. The molecule has 1 heterocycles. The molecule has 1 fully saturated rings. The highest BCUT2D eigenvalue weighted by atomic mass is 19.1. The number of carbonyl (C=O) groups excluding carboxylic acids is 1. The number of nitrogens with two attached hydrogens (primary N) is 1. The summed E-state index contributed by atoms with van der Waals surface area (Å²) in [6.45, 7) is 1.56. The molecule has 0 aliphatic carbocycles. The number of rotatable bonds is 2. The number of carbonyl (C=O) groups is 1. The Balaban J connectivity index is 1.94. The number of urea groups is 1. The van der Waals surface area contributed by atoms with Gasteiger partial charge in [-0.25, -0.2) is 9.18 Å². The first-order valence-electron chi connectivity index (χ1n) is 6.67. The van der Waals surface area contributed by atoms with Crippen LogP contribution >= 0.6 is 0 Å². The number of hydrogen-bond donors (Lipinski definition) is 2. The van der Waals surface area contributed by atoms with E-state index in [4.69, 9.17) is 10.5 Å². The SMILES string of the molecule is C[C@H](C#C[C@@H]1CC[C@@H](c2ccc(F)cc2)O1)N(O)C(N)=O. The molecular weight excluding hydrogens is 275 g/mol. The largest absolute Gasteiger partial charge is 0.358 e. The molecule has 5 nitrogen and oxygen atoms in total. The lowest BCUT2D eigenvalue weighted by atomic mass is 10.1. The minimum Gasteiger partial charge on any atom is -0.358 e. The van der Waals surface area contributed by atoms with Crippen LogP contribution in [0.3, 0.4) is 0 Å². The first-order chi connectivity index (χ1) is 9.97. The molecule has 112 valence electrons. The lowest BCUT2D eigenvalue weighted by molar-refractivity contribution is -0.0537. The number of nitrogens with zero attached hydrogens (tertiary/aromatic N) is 1. The van der Waals surface area contributed by atoms with E-state index in [1.165, 1.54) is 12.1 Å². The molecule has 3 atom stereocenters. The molecule has 3 N–H and O–H groups in total. The van der Waals surface area contributed by atoms with Gasteiger partial charge in [0, 0.05) is 0 Å². The van der Waals surface area contributed by atoms with Crippen molar-refractivity contribution in [1.29, 1.82) is 0 Å². The highest BCUT2D eigenvalue weighted by Gasteiger charge is 2.25. The molecule has 21 heavy (non-hydrogen) atoms. The second-order valence-corrected chi connectivity index (χ2v) is 4.89. The van der Waals surface area contributed by atoms with Crippen molar-refractivity contribution >= 4 is 6.03 Å². The van der Waals surface area contributed by atoms with E-state index in [0.29, 0.717) is 5.06 Å². The summed E-state index contributed by atoms with van der Waals surface area (Å²) < 4.78 is 18.6. The molecule has 1 aromatic rings. The molecule has 1 saturated heterocycles. The van der Waals surface area contributed by atoms with Crippen molar-refractivity contribution in [3.05, 3.63) is 35.6 Å². The van der Waals surface area contributed by atoms with Crippen LogP contribution in [0.1, 0.15) is 31.4 Å². The molecule has 2 rings (SSSR count). The maximum Gasteiger partial charge on any atom is 0.339 e. The molecule has 0 unspecified atom stereocenters. The number of hydrogen-bond acceptors (Lipinski definition) is 3. The van der Waals surface area contributed by atoms with E-state index in [1.807, 2.05) is 0 Å². The Bertz CT molecular complexity index is 565. The van der Waals surface area contributed by atoms with Crippen molar-refractivity contribution in [1.82, 2.24) is 5.06 Å². The zero-order valence-electron chi connectivity index (χ0n) is 11.6. The van der Waals surface area contributed by atoms with Crippen molar-refractivity contribution in [2.75, 3.05) is 0 Å². The Labute approximate surface area is 122 Å². The molecule has 0 saturated carbocycles. The first-order valence-corrected chi connectivity index (χ1v) is 6.67. The highest BCUT2D eigenvalue weighted by molar-refractivity contribution is 5.71. The van der Waals surface area contributed by atoms with E-state index >= 15 is 0 Å². The predicted molar refractivity (Wildman–Crippen MR) is 73.7 cm³/mol. The summed E-state index contributed by atoms with van der Waals surface area (Å²) in [7, 11) is 0. The minimum atomic E-state index is -0.951. The molecular formula is C15H17FN2O3. The Kier molecular flexibility index (Phi) is 4.78. The van der Waals surface area contributed by atoms with E-state index < -0.39 is 12.1 Å². The fourth-order valence-corrected chi connectivity index (χ4v) is 2.13. The summed E-state index contributed by atoms with van der Waals surface area (Å²) in [6, 6.07) is 4.54. The fraction of sp³-hybridized carbons (Fsp3) is 0.400. The third-order valence-corrected chi connectivity index (χ3v) is 3.31. The minimum absolute atomic E-state index is 0.110. The van der Waals surface area contributed by atoms with Gasteiger partial charge in [-0.3, -0.25) is 5.21 Å². The Morgan fingerprint density at radius 3 is 2.76 bits per heavy atom. The summed E-state index contributed by atoms with van der Waals surface area (Å²) in [6.07, 6.45) is 1.15. The summed E-state index contributed by atoms with van der Waals surface area (Å²) in [5, 5.41) is 9.68. The first kappa shape index (κ1) is 15.3. The van der Waals surface area contributed by atoms with Crippen LogP contribution in [0.2, 0.25) is 0 Å². The second kappa shape index (κ2) is 6.57. The van der Waals surface area contributed by atoms with Crippen LogP contribution in [-0.4, -0.2) is 28.4 Å². The van der Waals surface area contributed by atoms with Gasteiger partial charge in [0.2, 0.25) is 0 Å². The van der Waals surface area contributed by atoms with Gasteiger partial charge in [-0.1, -0.05) is 24.0 Å². The predicted octanol–water partition coefficient (Wildman–Crippen LogP) is 2.21. The highest BCUT2D eigenvalue weighted by Crippen LogP contribution is 2.32. The van der Waals surface area contributed by atoms with Gasteiger partial charge < -0.3 is 10.5 Å². The van der Waals surface area contributed by atoms with E-state index in [-0.39, 0.29) is 18.0 Å². The topological polar surface area (TPSA) is 75.8 Å². The molecule has 1 aromatic carbocycles. The van der Waals surface area contributed by atoms with Gasteiger partial charge in [0.1, 0.15) is 18.0 Å². The Hall–Kier alpha value is -2.10. The van der Waals surface area contributed by atoms with Crippen molar-refractivity contribution in [2.45, 2.75) is 38.0 Å². The maximum atomic E-state index is 12.9. The third kappa shape index (κ3) is 3.94. The molecule has 0 aromatic heterocycles. The van der Waals surface area contributed by atoms with Gasteiger partial charge in [-0.05, 0) is 37.5 Å². The molecule has 0 bridgehead atoms. The van der Waals surface area contributed by atoms with Crippen LogP contribution in [-0.2, 0) is 4.74 Å². The van der Waals surface area contributed by atoms with Crippen LogP contribution in [0.25, 0.3) is 0 Å². The van der Waals surface area contributed by atoms with E-state index in [2.05, 4.69) is 11.8 Å². The van der Waals surface area contributed by atoms with E-state index in [0.717, 1.165) is 18.4 Å². The number of halogens is 1. The molecule has 2 amide bonds. The summed E-state index contributed by atoms with van der Waals surface area (Å²) in [4.78, 5) is 10.8. The molecule has 1 aliphatic rings. The summed E-state index contributed by atoms with van der Waals surface area (Å²) in [5.74, 6) is 5.32. The molecule has 0 radical (unpaired) electrons. The summed E-state index contributed by atoms with van der Waals surface area (Å²) >= 11 is 0. The van der Waals surface area contributed by atoms with E-state index in [1.54, 1.807) is 19.1 Å². The van der Waals surface area contributed by atoms with Crippen LogP contribution < -0.4 is 5.73 Å². The van der Waals surface area contributed by atoms with Crippen LogP contribution in [0, 0.1) is 17.7 Å². The average Bonchev–Trinajstić information content (AvgIpc) is 2.93. The Morgan fingerprint density at radius 1 is 1.48 bits per heavy atom. The lowest BCUT2D eigenvalue weighted by Gasteiger charge is -2.15. The zero-order chi connectivity index (χ0) is 15.4. The molecule has 1 aliphatic heterocycles. The van der Waals surface area contributed by atoms with Crippen molar-refractivity contribution in [3.8, 4) is 11.8 Å². The number of benzene rings is 1. The fourth-order valence-electron chi connectivity index (χ4n) is 2.13. The van der Waals surface area contributed by atoms with Crippen molar-refractivity contribution in [2.24, 2.45) is 5.73 Å². The monoisotopic (exact) mass is 292 g/mol. The molecule has 6 heteroatoms. The van der Waals surface area contributed by atoms with Crippen molar-refractivity contribution < 1.29 is 19.1 Å². The van der Waals surface area contributed by atoms with Gasteiger partial charge in [0.25, 0.3) is 0 Å². The van der Waals surface area contributed by atoms with Crippen LogP contribution in [0.15, 0.2) is 24.3 Å². The lowest BCUT2D eigenvalue weighted by Crippen LogP contribution is -2.38. The maximum absolute atomic E-state index is 12.9. The van der Waals surface area contributed by atoms with Crippen LogP contribution in [0.5, 0.6) is 0 Å². The van der Waals surface area contributed by atoms with Gasteiger partial charge in [0.05, 0.1) is 6.10 Å². The zero-order valence-corrected chi connectivity index (χ0v) is 11.6. The van der Waals surface area contributed by atoms with Crippen LogP contribution in [0.4, 0.5) is 9.18 Å². The van der Waals surface area contributed by atoms with Gasteiger partial charge >= 0.3 is 6.03 Å². The quantitative estimate of drug-likeness (QED) is 0.498. The smallest absolute Gasteiger partial charge is 0.339 e. The number of hydroxylamine groups is 2. The standard InChI is InChI=1S/C15H17FN2O3/c1-10(18(20)15(17)19)2-7-13-8-9-14(21-13)11-3-5-12(16)6-4-11/h3-6,10,13-14,20H,8-9H2,1H3,(H2,17,19)/t10-,13-,14+/m1/s1. The number of primary amides is 1. The van der Waals surface area contributed by atoms with Gasteiger partial charge in [-0.15, -0.1) is 0 Å². The number of ether oxygens (including phenoxy) is 1. The van der Waals surface area contributed by atoms with Crippen molar-refractivity contribution in [3.63, 3.8) is 0 Å².